The molecule has 0 spiro atoms. The van der Waals surface area contributed by atoms with E-state index in [1.807, 2.05) is 39.2 Å². The molecule has 1 saturated heterocycles. The highest BCUT2D eigenvalue weighted by molar-refractivity contribution is 5.74. The number of carbonyl (C=O) groups excluding carboxylic acids is 1. The number of aryl methyl sites for hydroxylation is 2. The van der Waals surface area contributed by atoms with Crippen LogP contribution >= 0.6 is 0 Å². The van der Waals surface area contributed by atoms with E-state index < -0.39 is 0 Å². The quantitative estimate of drug-likeness (QED) is 0.905. The van der Waals surface area contributed by atoms with Crippen LogP contribution in [0, 0.1) is 6.92 Å². The van der Waals surface area contributed by atoms with E-state index in [0.29, 0.717) is 6.61 Å². The lowest BCUT2D eigenvalue weighted by Gasteiger charge is -2.20. The van der Waals surface area contributed by atoms with Gasteiger partial charge in [-0.1, -0.05) is 0 Å². The Labute approximate surface area is 135 Å². The van der Waals surface area contributed by atoms with Gasteiger partial charge >= 0.3 is 6.03 Å². The molecule has 0 unspecified atom stereocenters. The van der Waals surface area contributed by atoms with Gasteiger partial charge in [0.05, 0.1) is 18.3 Å². The molecule has 2 amide bonds. The number of rotatable bonds is 4. The largest absolute Gasteiger partial charge is 0.464 e. The molecule has 2 aromatic heterocycles. The average Bonchev–Trinajstić information content (AvgIpc) is 3.20. The van der Waals surface area contributed by atoms with Gasteiger partial charge in [-0.25, -0.2) is 4.79 Å². The highest BCUT2D eigenvalue weighted by Crippen LogP contribution is 2.28. The minimum atomic E-state index is -0.226. The molecule has 0 bridgehead atoms. The number of urea groups is 1. The van der Waals surface area contributed by atoms with Crippen molar-refractivity contribution in [2.45, 2.75) is 38.5 Å². The minimum Gasteiger partial charge on any atom is -0.464 e. The molecule has 3 atom stereocenters. The number of furan rings is 1. The third-order valence-corrected chi connectivity index (χ3v) is 4.00. The molecule has 0 aromatic carbocycles. The van der Waals surface area contributed by atoms with Crippen LogP contribution in [0.25, 0.3) is 0 Å². The van der Waals surface area contributed by atoms with Crippen LogP contribution in [0.3, 0.4) is 0 Å². The maximum Gasteiger partial charge on any atom is 0.315 e. The van der Waals surface area contributed by atoms with E-state index in [1.165, 1.54) is 0 Å². The zero-order valence-electron chi connectivity index (χ0n) is 13.6. The Bertz CT molecular complexity index is 678. The van der Waals surface area contributed by atoms with E-state index in [9.17, 15) is 4.79 Å². The summed E-state index contributed by atoms with van der Waals surface area (Å²) in [5.41, 5.74) is 0.977. The van der Waals surface area contributed by atoms with E-state index in [4.69, 9.17) is 9.15 Å². The summed E-state index contributed by atoms with van der Waals surface area (Å²) < 4.78 is 13.0. The number of nitrogens with zero attached hydrogens (tertiary/aromatic N) is 2. The zero-order chi connectivity index (χ0) is 16.4. The maximum atomic E-state index is 12.2. The van der Waals surface area contributed by atoms with Crippen molar-refractivity contribution in [1.29, 1.82) is 0 Å². The van der Waals surface area contributed by atoms with Crippen molar-refractivity contribution in [2.24, 2.45) is 7.05 Å². The van der Waals surface area contributed by atoms with Gasteiger partial charge in [-0.2, -0.15) is 5.10 Å². The van der Waals surface area contributed by atoms with Crippen LogP contribution in [-0.2, 0) is 11.8 Å². The molecular weight excluding hydrogens is 296 g/mol. The highest BCUT2D eigenvalue weighted by atomic mass is 16.5. The number of aromatic nitrogens is 2. The predicted octanol–water partition coefficient (Wildman–Crippen LogP) is 2.21. The number of ether oxygens (including phenoxy) is 1. The lowest BCUT2D eigenvalue weighted by atomic mass is 10.1. The maximum absolute atomic E-state index is 12.2. The van der Waals surface area contributed by atoms with Gasteiger partial charge in [0.15, 0.2) is 0 Å². The Morgan fingerprint density at radius 3 is 2.96 bits per heavy atom. The molecule has 1 aliphatic heterocycles. The first kappa shape index (κ1) is 15.6. The lowest BCUT2D eigenvalue weighted by molar-refractivity contribution is 0.0997. The first-order chi connectivity index (χ1) is 11.0. The van der Waals surface area contributed by atoms with Gasteiger partial charge in [-0.05, 0) is 32.4 Å². The van der Waals surface area contributed by atoms with Gasteiger partial charge in [-0.15, -0.1) is 0 Å². The van der Waals surface area contributed by atoms with Crippen molar-refractivity contribution < 1.29 is 13.9 Å². The fourth-order valence-electron chi connectivity index (χ4n) is 2.82. The number of hydrogen-bond donors (Lipinski definition) is 2. The number of nitrogens with one attached hydrogen (secondary N) is 2. The van der Waals surface area contributed by atoms with Gasteiger partial charge in [0.1, 0.15) is 17.6 Å². The summed E-state index contributed by atoms with van der Waals surface area (Å²) in [6.07, 6.45) is 4.31. The third kappa shape index (κ3) is 3.56. The van der Waals surface area contributed by atoms with Crippen LogP contribution in [0.2, 0.25) is 0 Å². The predicted molar refractivity (Wildman–Crippen MR) is 83.8 cm³/mol. The molecular formula is C16H22N4O3. The van der Waals surface area contributed by atoms with Crippen molar-refractivity contribution >= 4 is 6.03 Å². The van der Waals surface area contributed by atoms with Crippen molar-refractivity contribution in [3.63, 3.8) is 0 Å². The fraction of sp³-hybridized carbons (Fsp3) is 0.500. The van der Waals surface area contributed by atoms with E-state index in [1.54, 1.807) is 10.9 Å². The molecule has 124 valence electrons. The van der Waals surface area contributed by atoms with Gasteiger partial charge in [-0.3, -0.25) is 4.68 Å². The van der Waals surface area contributed by atoms with Gasteiger partial charge in [0.2, 0.25) is 0 Å². The Hall–Kier alpha value is -2.28. The minimum absolute atomic E-state index is 0.0651. The average molecular weight is 318 g/mol. The molecule has 0 aliphatic carbocycles. The molecule has 3 rings (SSSR count). The SMILES string of the molecule is Cc1ccc([C@H](C)NC(=O)N[C@H]2CCO[C@@H]2c2cnn(C)c2)o1. The van der Waals surface area contributed by atoms with Crippen molar-refractivity contribution in [2.75, 3.05) is 6.61 Å². The fourth-order valence-corrected chi connectivity index (χ4v) is 2.82. The Morgan fingerprint density at radius 1 is 1.48 bits per heavy atom. The Balaban J connectivity index is 1.58. The van der Waals surface area contributed by atoms with E-state index in [-0.39, 0.29) is 24.2 Å². The summed E-state index contributed by atoms with van der Waals surface area (Å²) in [5.74, 6) is 1.57. The van der Waals surface area contributed by atoms with E-state index in [0.717, 1.165) is 23.5 Å². The summed E-state index contributed by atoms with van der Waals surface area (Å²) in [6, 6.07) is 3.27. The molecule has 2 N–H and O–H groups in total. The van der Waals surface area contributed by atoms with Crippen LogP contribution in [0.15, 0.2) is 28.9 Å². The second kappa shape index (κ2) is 6.45. The van der Waals surface area contributed by atoms with E-state index >= 15 is 0 Å². The first-order valence-electron chi connectivity index (χ1n) is 7.76. The smallest absolute Gasteiger partial charge is 0.315 e. The molecule has 7 nitrogen and oxygen atoms in total. The normalized spacial score (nSPS) is 22.0. The molecule has 23 heavy (non-hydrogen) atoms. The van der Waals surface area contributed by atoms with Crippen molar-refractivity contribution in [3.05, 3.63) is 41.6 Å². The van der Waals surface area contributed by atoms with E-state index in [2.05, 4.69) is 15.7 Å². The summed E-state index contributed by atoms with van der Waals surface area (Å²) >= 11 is 0. The molecule has 0 saturated carbocycles. The molecule has 2 aromatic rings. The van der Waals surface area contributed by atoms with Crippen LogP contribution in [-0.4, -0.2) is 28.5 Å². The van der Waals surface area contributed by atoms with Crippen LogP contribution in [0.1, 0.15) is 42.6 Å². The monoisotopic (exact) mass is 318 g/mol. The second-order valence-corrected chi connectivity index (χ2v) is 5.92. The third-order valence-electron chi connectivity index (χ3n) is 4.00. The molecule has 0 radical (unpaired) electrons. The highest BCUT2D eigenvalue weighted by Gasteiger charge is 2.32. The summed E-state index contributed by atoms with van der Waals surface area (Å²) in [6.45, 7) is 4.39. The van der Waals surface area contributed by atoms with Gasteiger partial charge < -0.3 is 19.8 Å². The second-order valence-electron chi connectivity index (χ2n) is 5.92. The summed E-state index contributed by atoms with van der Waals surface area (Å²) in [5, 5.41) is 10.0. The Kier molecular flexibility index (Phi) is 4.38. The van der Waals surface area contributed by atoms with Gasteiger partial charge in [0, 0.05) is 25.4 Å². The number of amides is 2. The zero-order valence-corrected chi connectivity index (χ0v) is 13.6. The molecule has 1 aliphatic rings. The van der Waals surface area contributed by atoms with Crippen LogP contribution in [0.5, 0.6) is 0 Å². The molecule has 3 heterocycles. The molecule has 1 fully saturated rings. The standard InChI is InChI=1S/C16H22N4O3/c1-10-4-5-14(23-10)11(2)18-16(21)19-13-6-7-22-15(13)12-8-17-20(3)9-12/h4-5,8-9,11,13,15H,6-7H2,1-3H3,(H2,18,19,21)/t11-,13-,15+/m0/s1. The lowest BCUT2D eigenvalue weighted by Crippen LogP contribution is -2.44. The summed E-state index contributed by atoms with van der Waals surface area (Å²) in [4.78, 5) is 12.2. The van der Waals surface area contributed by atoms with Crippen LogP contribution in [0.4, 0.5) is 4.79 Å². The van der Waals surface area contributed by atoms with Gasteiger partial charge in [0.25, 0.3) is 0 Å². The van der Waals surface area contributed by atoms with Crippen molar-refractivity contribution in [1.82, 2.24) is 20.4 Å². The summed E-state index contributed by atoms with van der Waals surface area (Å²) in [7, 11) is 1.86. The Morgan fingerprint density at radius 2 is 2.30 bits per heavy atom. The molecule has 7 heteroatoms. The van der Waals surface area contributed by atoms with Crippen LogP contribution < -0.4 is 10.6 Å². The van der Waals surface area contributed by atoms with Crippen molar-refractivity contribution in [3.8, 4) is 0 Å². The number of carbonyl (C=O) groups is 1. The number of hydrogen-bond acceptors (Lipinski definition) is 4. The first-order valence-corrected chi connectivity index (χ1v) is 7.76. The topological polar surface area (TPSA) is 81.3 Å².